The van der Waals surface area contributed by atoms with E-state index < -0.39 is 0 Å². The average Bonchev–Trinajstić information content (AvgIpc) is 2.81. The molecule has 4 nitrogen and oxygen atoms in total. The largest absolute Gasteiger partial charge is 0.343 e. The Balaban J connectivity index is 2.25. The van der Waals surface area contributed by atoms with E-state index in [4.69, 9.17) is 0 Å². The molecule has 1 N–H and O–H groups in total. The fourth-order valence-corrected chi connectivity index (χ4v) is 4.13. The lowest BCUT2D eigenvalue weighted by atomic mass is 10.0. The smallest absolute Gasteiger partial charge is 0.245 e. The van der Waals surface area contributed by atoms with Gasteiger partial charge in [0.15, 0.2) is 0 Å². The molecule has 4 unspecified atom stereocenters. The monoisotopic (exact) mass is 270 g/mol. The fourth-order valence-electron chi connectivity index (χ4n) is 3.15. The molecule has 2 aliphatic rings. The molecule has 0 aromatic carbocycles. The zero-order valence-corrected chi connectivity index (χ0v) is 12.1. The minimum atomic E-state index is -0.372. The van der Waals surface area contributed by atoms with Gasteiger partial charge in [0.25, 0.3) is 0 Å². The van der Waals surface area contributed by atoms with E-state index >= 15 is 0 Å². The number of nitrogens with zero attached hydrogens (tertiary/aromatic N) is 1. The van der Waals surface area contributed by atoms with E-state index in [0.29, 0.717) is 11.7 Å². The number of rotatable bonds is 3. The normalized spacial score (nSPS) is 36.9. The SMILES string of the molecule is CCC1C(=O)NC(C)C(=O)N1C1CCCC1SC. The third-order valence-corrected chi connectivity index (χ3v) is 5.24. The van der Waals surface area contributed by atoms with E-state index in [1.165, 1.54) is 0 Å². The molecule has 1 aliphatic heterocycles. The summed E-state index contributed by atoms with van der Waals surface area (Å²) in [5.41, 5.74) is 0. The fraction of sp³-hybridized carbons (Fsp3) is 0.846. The van der Waals surface area contributed by atoms with Crippen molar-refractivity contribution in [2.45, 2.75) is 62.9 Å². The van der Waals surface area contributed by atoms with E-state index in [2.05, 4.69) is 11.6 Å². The Bertz CT molecular complexity index is 348. The molecule has 2 rings (SSSR count). The molecule has 5 heteroatoms. The summed E-state index contributed by atoms with van der Waals surface area (Å²) in [4.78, 5) is 26.3. The molecule has 0 bridgehead atoms. The number of thioether (sulfide) groups is 1. The molecule has 1 saturated carbocycles. The highest BCUT2D eigenvalue weighted by atomic mass is 32.2. The van der Waals surface area contributed by atoms with E-state index in [1.807, 2.05) is 23.6 Å². The van der Waals surface area contributed by atoms with Crippen LogP contribution in [-0.2, 0) is 9.59 Å². The van der Waals surface area contributed by atoms with E-state index in [-0.39, 0.29) is 29.9 Å². The first-order valence-electron chi connectivity index (χ1n) is 6.75. The van der Waals surface area contributed by atoms with Crippen molar-refractivity contribution in [1.82, 2.24) is 10.2 Å². The Morgan fingerprint density at radius 1 is 1.39 bits per heavy atom. The Labute approximate surface area is 113 Å². The molecule has 1 aliphatic carbocycles. The van der Waals surface area contributed by atoms with Gasteiger partial charge in [-0.1, -0.05) is 13.3 Å². The van der Waals surface area contributed by atoms with Crippen LogP contribution in [0.1, 0.15) is 39.5 Å². The van der Waals surface area contributed by atoms with Gasteiger partial charge in [-0.15, -0.1) is 0 Å². The number of amides is 2. The molecule has 1 saturated heterocycles. The van der Waals surface area contributed by atoms with E-state index in [1.54, 1.807) is 6.92 Å². The second-order valence-electron chi connectivity index (χ2n) is 5.17. The molecule has 18 heavy (non-hydrogen) atoms. The van der Waals surface area contributed by atoms with Crippen molar-refractivity contribution in [3.8, 4) is 0 Å². The molecular formula is C13H22N2O2S. The van der Waals surface area contributed by atoms with Crippen LogP contribution in [0.3, 0.4) is 0 Å². The number of carbonyl (C=O) groups excluding carboxylic acids is 2. The van der Waals surface area contributed by atoms with E-state index in [9.17, 15) is 9.59 Å². The van der Waals surface area contributed by atoms with Crippen molar-refractivity contribution in [2.75, 3.05) is 6.26 Å². The Hall–Kier alpha value is -0.710. The summed E-state index contributed by atoms with van der Waals surface area (Å²) in [7, 11) is 0. The molecule has 1 heterocycles. The van der Waals surface area contributed by atoms with Crippen molar-refractivity contribution >= 4 is 23.6 Å². The van der Waals surface area contributed by atoms with Crippen molar-refractivity contribution in [1.29, 1.82) is 0 Å². The van der Waals surface area contributed by atoms with Crippen LogP contribution in [0.15, 0.2) is 0 Å². The van der Waals surface area contributed by atoms with Gasteiger partial charge in [-0.2, -0.15) is 11.8 Å². The van der Waals surface area contributed by atoms with Crippen LogP contribution in [0, 0.1) is 0 Å². The Kier molecular flexibility index (Phi) is 4.20. The van der Waals surface area contributed by atoms with Crippen LogP contribution >= 0.6 is 11.8 Å². The Morgan fingerprint density at radius 3 is 2.72 bits per heavy atom. The second kappa shape index (κ2) is 5.51. The van der Waals surface area contributed by atoms with E-state index in [0.717, 1.165) is 19.3 Å². The Morgan fingerprint density at radius 2 is 2.11 bits per heavy atom. The van der Waals surface area contributed by atoms with Crippen LogP contribution in [-0.4, -0.2) is 46.3 Å². The summed E-state index contributed by atoms with van der Waals surface area (Å²) in [6.07, 6.45) is 6.14. The highest BCUT2D eigenvalue weighted by Crippen LogP contribution is 2.34. The molecule has 102 valence electrons. The molecule has 4 atom stereocenters. The summed E-state index contributed by atoms with van der Waals surface area (Å²) >= 11 is 1.83. The molecule has 0 aromatic rings. The van der Waals surface area contributed by atoms with Gasteiger partial charge in [0.2, 0.25) is 11.8 Å². The van der Waals surface area contributed by atoms with Crippen LogP contribution in [0.5, 0.6) is 0 Å². The summed E-state index contributed by atoms with van der Waals surface area (Å²) in [5, 5.41) is 3.27. The molecule has 2 fully saturated rings. The minimum Gasteiger partial charge on any atom is -0.343 e. The van der Waals surface area contributed by atoms with Crippen molar-refractivity contribution in [2.24, 2.45) is 0 Å². The van der Waals surface area contributed by atoms with Gasteiger partial charge < -0.3 is 10.2 Å². The first kappa shape index (κ1) is 13.7. The topological polar surface area (TPSA) is 49.4 Å². The number of nitrogens with one attached hydrogen (secondary N) is 1. The number of hydrogen-bond donors (Lipinski definition) is 1. The zero-order valence-electron chi connectivity index (χ0n) is 11.3. The van der Waals surface area contributed by atoms with Gasteiger partial charge in [0, 0.05) is 11.3 Å². The number of carbonyl (C=O) groups is 2. The maximum atomic E-state index is 12.4. The van der Waals surface area contributed by atoms with Crippen molar-refractivity contribution < 1.29 is 9.59 Å². The van der Waals surface area contributed by atoms with Gasteiger partial charge in [0.05, 0.1) is 0 Å². The first-order chi connectivity index (χ1) is 8.60. The maximum absolute atomic E-state index is 12.4. The lowest BCUT2D eigenvalue weighted by Gasteiger charge is -2.43. The predicted octanol–water partition coefficient (Wildman–Crippen LogP) is 1.40. The third-order valence-electron chi connectivity index (χ3n) is 4.09. The standard InChI is InChI=1S/C13H22N2O2S/c1-4-9-12(16)14-8(2)13(17)15(9)10-6-5-7-11(10)18-3/h8-11H,4-7H2,1-3H3,(H,14,16). The lowest BCUT2D eigenvalue weighted by Crippen LogP contribution is -2.65. The predicted molar refractivity (Wildman–Crippen MR) is 73.5 cm³/mol. The molecule has 0 radical (unpaired) electrons. The van der Waals surface area contributed by atoms with Crippen molar-refractivity contribution in [3.05, 3.63) is 0 Å². The minimum absolute atomic E-state index is 0.0105. The third kappa shape index (κ3) is 2.25. The number of hydrogen-bond acceptors (Lipinski definition) is 3. The lowest BCUT2D eigenvalue weighted by molar-refractivity contribution is -0.151. The van der Waals surface area contributed by atoms with Crippen LogP contribution in [0.4, 0.5) is 0 Å². The number of piperazine rings is 1. The highest BCUT2D eigenvalue weighted by Gasteiger charge is 2.44. The first-order valence-corrected chi connectivity index (χ1v) is 8.04. The molecule has 0 aromatic heterocycles. The summed E-state index contributed by atoms with van der Waals surface area (Å²) in [6, 6.07) is -0.402. The van der Waals surface area contributed by atoms with Crippen LogP contribution < -0.4 is 5.32 Å². The van der Waals surface area contributed by atoms with Crippen molar-refractivity contribution in [3.63, 3.8) is 0 Å². The second-order valence-corrected chi connectivity index (χ2v) is 6.25. The molecular weight excluding hydrogens is 248 g/mol. The summed E-state index contributed by atoms with van der Waals surface area (Å²) in [6.45, 7) is 3.76. The van der Waals surface area contributed by atoms with Gasteiger partial charge in [0.1, 0.15) is 12.1 Å². The maximum Gasteiger partial charge on any atom is 0.245 e. The summed E-state index contributed by atoms with van der Waals surface area (Å²) in [5.74, 6) is 0.101. The summed E-state index contributed by atoms with van der Waals surface area (Å²) < 4.78 is 0. The zero-order chi connectivity index (χ0) is 13.3. The van der Waals surface area contributed by atoms with Gasteiger partial charge in [-0.05, 0) is 32.4 Å². The highest BCUT2D eigenvalue weighted by molar-refractivity contribution is 7.99. The quantitative estimate of drug-likeness (QED) is 0.843. The molecule has 2 amide bonds. The van der Waals surface area contributed by atoms with Crippen LogP contribution in [0.25, 0.3) is 0 Å². The van der Waals surface area contributed by atoms with Gasteiger partial charge in [-0.3, -0.25) is 9.59 Å². The molecule has 0 spiro atoms. The van der Waals surface area contributed by atoms with Crippen LogP contribution in [0.2, 0.25) is 0 Å². The average molecular weight is 270 g/mol. The van der Waals surface area contributed by atoms with Gasteiger partial charge in [-0.25, -0.2) is 0 Å². The van der Waals surface area contributed by atoms with Gasteiger partial charge >= 0.3 is 0 Å².